The first-order valence-corrected chi connectivity index (χ1v) is 14.0. The Labute approximate surface area is 205 Å². The zero-order valence-corrected chi connectivity index (χ0v) is 20.9. The van der Waals surface area contributed by atoms with Gasteiger partial charge in [0.05, 0.1) is 17.6 Å². The number of carbonyl (C=O) groups excluding carboxylic acids is 1. The van der Waals surface area contributed by atoms with Crippen molar-refractivity contribution in [1.29, 1.82) is 5.26 Å². The van der Waals surface area contributed by atoms with Gasteiger partial charge in [0.25, 0.3) is 0 Å². The van der Waals surface area contributed by atoms with Crippen LogP contribution in [0, 0.1) is 52.7 Å². The van der Waals surface area contributed by atoms with Gasteiger partial charge in [-0.25, -0.2) is 4.39 Å². The summed E-state index contributed by atoms with van der Waals surface area (Å²) in [4.78, 5) is 12.6. The lowest BCUT2D eigenvalue weighted by molar-refractivity contribution is -0.140. The largest absolute Gasteiger partial charge is 0.423 e. The van der Waals surface area contributed by atoms with Gasteiger partial charge in [0.15, 0.2) is 11.6 Å². The summed E-state index contributed by atoms with van der Waals surface area (Å²) < 4.78 is 19.5. The number of esters is 1. The molecule has 3 aliphatic rings. The molecule has 0 spiro atoms. The van der Waals surface area contributed by atoms with Gasteiger partial charge in [0.2, 0.25) is 0 Å². The smallest absolute Gasteiger partial charge is 0.314 e. The maximum atomic E-state index is 14.1. The number of nitrogens with zero attached hydrogens (tertiary/aromatic N) is 1. The van der Waals surface area contributed by atoms with Crippen molar-refractivity contribution >= 4 is 5.97 Å². The average Bonchev–Trinajstić information content (AvgIpc) is 2.87. The van der Waals surface area contributed by atoms with Gasteiger partial charge in [-0.3, -0.25) is 4.79 Å². The molecule has 186 valence electrons. The highest BCUT2D eigenvalue weighted by atomic mass is 19.1. The van der Waals surface area contributed by atoms with Crippen molar-refractivity contribution in [1.82, 2.24) is 0 Å². The molecule has 3 fully saturated rings. The zero-order chi connectivity index (χ0) is 23.9. The lowest BCUT2D eigenvalue weighted by atomic mass is 9.60. The molecule has 34 heavy (non-hydrogen) atoms. The molecule has 0 saturated heterocycles. The number of hydrogen-bond acceptors (Lipinski definition) is 3. The maximum Gasteiger partial charge on any atom is 0.314 e. The maximum absolute atomic E-state index is 14.1. The third-order valence-corrected chi connectivity index (χ3v) is 9.27. The fraction of sp³-hybridized carbons (Fsp3) is 0.733. The second-order valence-corrected chi connectivity index (χ2v) is 11.4. The number of hydrogen-bond donors (Lipinski definition) is 0. The van der Waals surface area contributed by atoms with Crippen molar-refractivity contribution in [2.45, 2.75) is 103 Å². The van der Waals surface area contributed by atoms with Crippen LogP contribution in [0.1, 0.15) is 109 Å². The van der Waals surface area contributed by atoms with Gasteiger partial charge in [-0.2, -0.15) is 5.26 Å². The molecule has 3 nitrogen and oxygen atoms in total. The second-order valence-electron chi connectivity index (χ2n) is 11.4. The molecule has 1 aromatic rings. The van der Waals surface area contributed by atoms with E-state index in [9.17, 15) is 9.18 Å². The summed E-state index contributed by atoms with van der Waals surface area (Å²) in [6.07, 6.45) is 19.5. The fourth-order valence-electron chi connectivity index (χ4n) is 7.24. The Kier molecular flexibility index (Phi) is 9.04. The summed E-state index contributed by atoms with van der Waals surface area (Å²) in [6.45, 7) is 2.29. The molecule has 0 radical (unpaired) electrons. The van der Waals surface area contributed by atoms with Crippen molar-refractivity contribution in [2.75, 3.05) is 0 Å². The SMILES string of the molecule is CCCCCCC1CCC2CC(C3CCC(C(=O)Oc4ccc(C#N)cc4F)CC3)CCC2C1. The minimum absolute atomic E-state index is 0.0644. The molecule has 4 atom stereocenters. The van der Waals surface area contributed by atoms with Crippen molar-refractivity contribution in [3.63, 3.8) is 0 Å². The minimum atomic E-state index is -0.645. The van der Waals surface area contributed by atoms with E-state index in [-0.39, 0.29) is 23.2 Å². The highest BCUT2D eigenvalue weighted by Crippen LogP contribution is 2.49. The highest BCUT2D eigenvalue weighted by molar-refractivity contribution is 5.75. The molecule has 4 rings (SSSR count). The first-order chi connectivity index (χ1) is 16.6. The summed E-state index contributed by atoms with van der Waals surface area (Å²) >= 11 is 0. The summed E-state index contributed by atoms with van der Waals surface area (Å²) in [5.41, 5.74) is 0.230. The van der Waals surface area contributed by atoms with Crippen LogP contribution in [0.15, 0.2) is 18.2 Å². The first kappa shape index (κ1) is 25.2. The molecule has 3 saturated carbocycles. The van der Waals surface area contributed by atoms with E-state index in [2.05, 4.69) is 6.92 Å². The molecule has 4 heteroatoms. The van der Waals surface area contributed by atoms with Gasteiger partial charge in [0.1, 0.15) is 0 Å². The summed E-state index contributed by atoms with van der Waals surface area (Å²) in [7, 11) is 0. The van der Waals surface area contributed by atoms with Gasteiger partial charge in [-0.05, 0) is 106 Å². The molecule has 0 N–H and O–H groups in total. The van der Waals surface area contributed by atoms with Crippen molar-refractivity contribution in [2.24, 2.45) is 35.5 Å². The molecule has 0 amide bonds. The van der Waals surface area contributed by atoms with Crippen LogP contribution in [0.2, 0.25) is 0 Å². The Balaban J connectivity index is 1.20. The van der Waals surface area contributed by atoms with Crippen LogP contribution < -0.4 is 4.74 Å². The molecular formula is C30H42FNO2. The fourth-order valence-corrected chi connectivity index (χ4v) is 7.24. The van der Waals surface area contributed by atoms with E-state index < -0.39 is 5.82 Å². The van der Waals surface area contributed by atoms with E-state index >= 15 is 0 Å². The Morgan fingerprint density at radius 3 is 2.32 bits per heavy atom. The van der Waals surface area contributed by atoms with E-state index in [0.29, 0.717) is 0 Å². The van der Waals surface area contributed by atoms with Gasteiger partial charge < -0.3 is 4.74 Å². The second kappa shape index (κ2) is 12.2. The lowest BCUT2D eigenvalue weighted by Crippen LogP contribution is -2.35. The Morgan fingerprint density at radius 1 is 0.941 bits per heavy atom. The summed E-state index contributed by atoms with van der Waals surface area (Å²) in [5, 5.41) is 8.87. The lowest BCUT2D eigenvalue weighted by Gasteiger charge is -2.45. The normalized spacial score (nSPS) is 31.3. The number of nitriles is 1. The topological polar surface area (TPSA) is 50.1 Å². The number of unbranched alkanes of at least 4 members (excludes halogenated alkanes) is 3. The third kappa shape index (κ3) is 6.41. The molecule has 0 aliphatic heterocycles. The van der Waals surface area contributed by atoms with Crippen LogP contribution in [-0.4, -0.2) is 5.97 Å². The van der Waals surface area contributed by atoms with E-state index in [1.807, 2.05) is 6.07 Å². The average molecular weight is 468 g/mol. The molecule has 0 bridgehead atoms. The molecule has 1 aromatic carbocycles. The van der Waals surface area contributed by atoms with Crippen LogP contribution in [0.4, 0.5) is 4.39 Å². The summed E-state index contributed by atoms with van der Waals surface area (Å²) in [6, 6.07) is 5.89. The van der Waals surface area contributed by atoms with Gasteiger partial charge >= 0.3 is 5.97 Å². The molecule has 4 unspecified atom stereocenters. The third-order valence-electron chi connectivity index (χ3n) is 9.27. The number of rotatable bonds is 8. The first-order valence-electron chi connectivity index (χ1n) is 14.0. The summed E-state index contributed by atoms with van der Waals surface area (Å²) in [5.74, 6) is 3.30. The monoisotopic (exact) mass is 467 g/mol. The van der Waals surface area contributed by atoms with E-state index in [0.717, 1.165) is 61.3 Å². The minimum Gasteiger partial charge on any atom is -0.423 e. The Bertz CT molecular complexity index is 854. The van der Waals surface area contributed by atoms with Crippen LogP contribution in [0.3, 0.4) is 0 Å². The van der Waals surface area contributed by atoms with Gasteiger partial charge in [0, 0.05) is 0 Å². The predicted molar refractivity (Wildman–Crippen MR) is 133 cm³/mol. The number of ether oxygens (including phenoxy) is 1. The van der Waals surface area contributed by atoms with Gasteiger partial charge in [-0.1, -0.05) is 45.4 Å². The molecule has 3 aliphatic carbocycles. The van der Waals surface area contributed by atoms with E-state index in [4.69, 9.17) is 10.00 Å². The number of halogens is 1. The van der Waals surface area contributed by atoms with Crippen molar-refractivity contribution < 1.29 is 13.9 Å². The predicted octanol–water partition coefficient (Wildman–Crippen LogP) is 8.21. The Hall–Kier alpha value is -1.89. The van der Waals surface area contributed by atoms with Crippen molar-refractivity contribution in [3.05, 3.63) is 29.6 Å². The van der Waals surface area contributed by atoms with Crippen molar-refractivity contribution in [3.8, 4) is 11.8 Å². The van der Waals surface area contributed by atoms with Gasteiger partial charge in [-0.15, -0.1) is 0 Å². The number of benzene rings is 1. The van der Waals surface area contributed by atoms with E-state index in [1.165, 1.54) is 82.8 Å². The van der Waals surface area contributed by atoms with Crippen LogP contribution in [0.25, 0.3) is 0 Å². The zero-order valence-electron chi connectivity index (χ0n) is 20.9. The molecule has 0 heterocycles. The number of fused-ring (bicyclic) bond motifs is 1. The van der Waals surface area contributed by atoms with Crippen LogP contribution in [0.5, 0.6) is 5.75 Å². The Morgan fingerprint density at radius 2 is 1.62 bits per heavy atom. The van der Waals surface area contributed by atoms with E-state index in [1.54, 1.807) is 0 Å². The van der Waals surface area contributed by atoms with Crippen LogP contribution >= 0.6 is 0 Å². The standard InChI is InChI=1S/C30H42FNO2/c1-2-3-4-5-6-21-7-9-27-19-26(15-14-25(27)17-21)23-10-12-24(13-11-23)30(33)34-29-16-8-22(20-32)18-28(29)31/h8,16,18,21,23-27H,2-7,9-15,17,19H2,1H3. The molecule has 0 aromatic heterocycles. The highest BCUT2D eigenvalue weighted by Gasteiger charge is 2.39. The number of carbonyl (C=O) groups is 1. The molecular weight excluding hydrogens is 425 g/mol. The quantitative estimate of drug-likeness (QED) is 0.220. The van der Waals surface area contributed by atoms with Crippen LogP contribution in [-0.2, 0) is 4.79 Å².